The number of hydrogen-bond acceptors (Lipinski definition) is 3. The standard InChI is InChI=1S/C16H25FN2O/c1-4-18-8-14-5-6-16(17)15(7-14)11-19-9-12(2)20-13(3)10-19/h5-7,12-13,18H,4,8-11H2,1-3H3. The Morgan fingerprint density at radius 1 is 1.30 bits per heavy atom. The first-order valence-electron chi connectivity index (χ1n) is 7.44. The van der Waals surface area contributed by atoms with Crippen molar-refractivity contribution in [2.45, 2.75) is 46.1 Å². The van der Waals surface area contributed by atoms with E-state index in [-0.39, 0.29) is 18.0 Å². The van der Waals surface area contributed by atoms with Gasteiger partial charge in [-0.05, 0) is 32.0 Å². The van der Waals surface area contributed by atoms with E-state index in [9.17, 15) is 4.39 Å². The highest BCUT2D eigenvalue weighted by Gasteiger charge is 2.22. The van der Waals surface area contributed by atoms with Crippen molar-refractivity contribution >= 4 is 0 Å². The zero-order chi connectivity index (χ0) is 14.5. The first kappa shape index (κ1) is 15.4. The van der Waals surface area contributed by atoms with E-state index < -0.39 is 0 Å². The molecule has 0 saturated carbocycles. The van der Waals surface area contributed by atoms with E-state index >= 15 is 0 Å². The first-order chi connectivity index (χ1) is 9.58. The largest absolute Gasteiger partial charge is 0.373 e. The van der Waals surface area contributed by atoms with Crippen molar-refractivity contribution < 1.29 is 9.13 Å². The van der Waals surface area contributed by atoms with Crippen molar-refractivity contribution in [3.8, 4) is 0 Å². The maximum Gasteiger partial charge on any atom is 0.127 e. The molecule has 1 heterocycles. The van der Waals surface area contributed by atoms with Crippen LogP contribution in [-0.2, 0) is 17.8 Å². The summed E-state index contributed by atoms with van der Waals surface area (Å²) in [6.07, 6.45) is 0.429. The monoisotopic (exact) mass is 280 g/mol. The molecule has 1 aromatic carbocycles. The molecule has 112 valence electrons. The lowest BCUT2D eigenvalue weighted by atomic mass is 10.1. The average molecular weight is 280 g/mol. The van der Waals surface area contributed by atoms with Crippen molar-refractivity contribution in [1.82, 2.24) is 10.2 Å². The number of nitrogens with one attached hydrogen (secondary N) is 1. The number of nitrogens with zero attached hydrogens (tertiary/aromatic N) is 1. The summed E-state index contributed by atoms with van der Waals surface area (Å²) in [6, 6.07) is 5.41. The van der Waals surface area contributed by atoms with Gasteiger partial charge in [0.1, 0.15) is 5.82 Å². The van der Waals surface area contributed by atoms with Crippen molar-refractivity contribution in [2.75, 3.05) is 19.6 Å². The molecule has 0 aliphatic carbocycles. The van der Waals surface area contributed by atoms with Gasteiger partial charge in [-0.15, -0.1) is 0 Å². The van der Waals surface area contributed by atoms with E-state index in [4.69, 9.17) is 4.74 Å². The van der Waals surface area contributed by atoms with Crippen LogP contribution in [-0.4, -0.2) is 36.7 Å². The molecular weight excluding hydrogens is 255 g/mol. The van der Waals surface area contributed by atoms with Gasteiger partial charge in [0.15, 0.2) is 0 Å². The molecule has 2 atom stereocenters. The normalized spacial score (nSPS) is 24.0. The molecule has 1 aliphatic heterocycles. The van der Waals surface area contributed by atoms with Gasteiger partial charge in [0.2, 0.25) is 0 Å². The van der Waals surface area contributed by atoms with E-state index in [0.717, 1.165) is 37.3 Å². The Hall–Kier alpha value is -0.970. The minimum absolute atomic E-state index is 0.114. The number of morpholine rings is 1. The molecule has 1 N–H and O–H groups in total. The van der Waals surface area contributed by atoms with Gasteiger partial charge < -0.3 is 10.1 Å². The summed E-state index contributed by atoms with van der Waals surface area (Å²) in [7, 11) is 0. The molecule has 4 heteroatoms. The lowest BCUT2D eigenvalue weighted by Crippen LogP contribution is -2.44. The van der Waals surface area contributed by atoms with Crippen molar-refractivity contribution in [2.24, 2.45) is 0 Å². The summed E-state index contributed by atoms with van der Waals surface area (Å²) < 4.78 is 19.7. The maximum atomic E-state index is 14.0. The molecule has 0 spiro atoms. The molecule has 1 aliphatic rings. The van der Waals surface area contributed by atoms with Crippen molar-refractivity contribution in [3.63, 3.8) is 0 Å². The van der Waals surface area contributed by atoms with Gasteiger partial charge in [0.05, 0.1) is 12.2 Å². The molecule has 0 amide bonds. The van der Waals surface area contributed by atoms with Crippen LogP contribution < -0.4 is 5.32 Å². The molecule has 3 nitrogen and oxygen atoms in total. The van der Waals surface area contributed by atoms with Crippen molar-refractivity contribution in [1.29, 1.82) is 0 Å². The molecular formula is C16H25FN2O. The molecule has 1 saturated heterocycles. The highest BCUT2D eigenvalue weighted by Crippen LogP contribution is 2.17. The number of benzene rings is 1. The van der Waals surface area contributed by atoms with Gasteiger partial charge >= 0.3 is 0 Å². The van der Waals surface area contributed by atoms with Gasteiger partial charge in [-0.2, -0.15) is 0 Å². The smallest absolute Gasteiger partial charge is 0.127 e. The quantitative estimate of drug-likeness (QED) is 0.897. The Bertz CT molecular complexity index is 428. The minimum atomic E-state index is -0.114. The number of hydrogen-bond donors (Lipinski definition) is 1. The summed E-state index contributed by atoms with van der Waals surface area (Å²) >= 11 is 0. The molecule has 1 aromatic rings. The van der Waals surface area contributed by atoms with Crippen LogP contribution in [0.4, 0.5) is 4.39 Å². The van der Waals surface area contributed by atoms with Gasteiger partial charge in [-0.1, -0.05) is 19.1 Å². The van der Waals surface area contributed by atoms with Crippen LogP contribution in [0.15, 0.2) is 18.2 Å². The highest BCUT2D eigenvalue weighted by atomic mass is 19.1. The highest BCUT2D eigenvalue weighted by molar-refractivity contribution is 5.25. The molecule has 20 heavy (non-hydrogen) atoms. The Balaban J connectivity index is 2.03. The third kappa shape index (κ3) is 4.27. The summed E-state index contributed by atoms with van der Waals surface area (Å²) in [5.41, 5.74) is 1.92. The fraction of sp³-hybridized carbons (Fsp3) is 0.625. The Morgan fingerprint density at radius 2 is 2.00 bits per heavy atom. The van der Waals surface area contributed by atoms with Crippen LogP contribution in [0.1, 0.15) is 31.9 Å². The summed E-state index contributed by atoms with van der Waals surface area (Å²) in [4.78, 5) is 2.27. The third-order valence-corrected chi connectivity index (χ3v) is 3.58. The van der Waals surface area contributed by atoms with Gasteiger partial charge in [0, 0.05) is 31.7 Å². The molecule has 0 aromatic heterocycles. The van der Waals surface area contributed by atoms with E-state index in [2.05, 4.69) is 31.0 Å². The van der Waals surface area contributed by atoms with Crippen molar-refractivity contribution in [3.05, 3.63) is 35.1 Å². The van der Waals surface area contributed by atoms with Gasteiger partial charge in [0.25, 0.3) is 0 Å². The maximum absolute atomic E-state index is 14.0. The van der Waals surface area contributed by atoms with Crippen LogP contribution in [0.2, 0.25) is 0 Å². The van der Waals surface area contributed by atoms with Crippen LogP contribution in [0, 0.1) is 5.82 Å². The number of halogens is 1. The number of ether oxygens (including phenoxy) is 1. The van der Waals surface area contributed by atoms with E-state index in [1.165, 1.54) is 0 Å². The molecule has 0 bridgehead atoms. The summed E-state index contributed by atoms with van der Waals surface area (Å²) in [6.45, 7) is 10.3. The Kier molecular flexibility index (Phi) is 5.52. The third-order valence-electron chi connectivity index (χ3n) is 3.58. The van der Waals surface area contributed by atoms with E-state index in [0.29, 0.717) is 6.54 Å². The zero-order valence-corrected chi connectivity index (χ0v) is 12.7. The second-order valence-corrected chi connectivity index (χ2v) is 5.66. The molecule has 2 rings (SSSR count). The number of rotatable bonds is 5. The summed E-state index contributed by atoms with van der Waals surface area (Å²) in [5.74, 6) is -0.114. The second kappa shape index (κ2) is 7.16. The van der Waals surface area contributed by atoms with Crippen LogP contribution in [0.3, 0.4) is 0 Å². The van der Waals surface area contributed by atoms with E-state index in [1.807, 2.05) is 12.1 Å². The van der Waals surface area contributed by atoms with Crippen LogP contribution in [0.5, 0.6) is 0 Å². The fourth-order valence-electron chi connectivity index (χ4n) is 2.78. The average Bonchev–Trinajstić information content (AvgIpc) is 2.38. The van der Waals surface area contributed by atoms with Crippen LogP contribution in [0.25, 0.3) is 0 Å². The first-order valence-corrected chi connectivity index (χ1v) is 7.44. The molecule has 1 fully saturated rings. The topological polar surface area (TPSA) is 24.5 Å². The minimum Gasteiger partial charge on any atom is -0.373 e. The predicted molar refractivity (Wildman–Crippen MR) is 79.1 cm³/mol. The Labute approximate surface area is 121 Å². The lowest BCUT2D eigenvalue weighted by Gasteiger charge is -2.35. The van der Waals surface area contributed by atoms with Gasteiger partial charge in [-0.3, -0.25) is 4.90 Å². The second-order valence-electron chi connectivity index (χ2n) is 5.66. The zero-order valence-electron chi connectivity index (χ0n) is 12.7. The Morgan fingerprint density at radius 3 is 2.65 bits per heavy atom. The molecule has 0 radical (unpaired) electrons. The fourth-order valence-corrected chi connectivity index (χ4v) is 2.78. The SMILES string of the molecule is CCNCc1ccc(F)c(CN2CC(C)OC(C)C2)c1. The lowest BCUT2D eigenvalue weighted by molar-refractivity contribution is -0.0707. The molecule has 2 unspecified atom stereocenters. The summed E-state index contributed by atoms with van der Waals surface area (Å²) in [5, 5.41) is 3.27. The predicted octanol–water partition coefficient (Wildman–Crippen LogP) is 2.54. The van der Waals surface area contributed by atoms with Crippen LogP contribution >= 0.6 is 0 Å². The van der Waals surface area contributed by atoms with E-state index in [1.54, 1.807) is 6.07 Å². The van der Waals surface area contributed by atoms with Gasteiger partial charge in [-0.25, -0.2) is 4.39 Å².